The molecule has 0 atom stereocenters. The molecule has 2 rings (SSSR count). The quantitative estimate of drug-likeness (QED) is 0.884. The summed E-state index contributed by atoms with van der Waals surface area (Å²) in [5.41, 5.74) is 0.728. The predicted molar refractivity (Wildman–Crippen MR) is 70.7 cm³/mol. The fraction of sp³-hybridized carbons (Fsp3) is 0.154. The van der Waals surface area contributed by atoms with Crippen molar-refractivity contribution in [2.45, 2.75) is 6.92 Å². The Kier molecular flexibility index (Phi) is 3.57. The molecule has 2 N–H and O–H groups in total. The highest BCUT2D eigenvalue weighted by Crippen LogP contribution is 2.21. The van der Waals surface area contributed by atoms with E-state index in [-0.39, 0.29) is 5.56 Å². The van der Waals surface area contributed by atoms with Crippen LogP contribution in [0.5, 0.6) is 0 Å². The van der Waals surface area contributed by atoms with Gasteiger partial charge in [0.15, 0.2) is 0 Å². The first-order valence-electron chi connectivity index (χ1n) is 5.62. The average Bonchev–Trinajstić information content (AvgIpc) is 2.40. The Morgan fingerprint density at radius 3 is 2.63 bits per heavy atom. The summed E-state index contributed by atoms with van der Waals surface area (Å²) in [6, 6.07) is 7.61. The number of nitriles is 1. The van der Waals surface area contributed by atoms with Gasteiger partial charge in [-0.05, 0) is 25.1 Å². The second-order valence-corrected chi connectivity index (χ2v) is 3.86. The van der Waals surface area contributed by atoms with Gasteiger partial charge in [0.05, 0.1) is 11.3 Å². The van der Waals surface area contributed by atoms with Crippen LogP contribution < -0.4 is 10.6 Å². The molecule has 1 aromatic carbocycles. The number of halogens is 1. The summed E-state index contributed by atoms with van der Waals surface area (Å²) in [6.45, 7) is 1.77. The highest BCUT2D eigenvalue weighted by Gasteiger charge is 2.06. The van der Waals surface area contributed by atoms with Crippen LogP contribution in [0.3, 0.4) is 0 Å². The molecule has 0 aliphatic carbocycles. The van der Waals surface area contributed by atoms with Crippen LogP contribution in [-0.4, -0.2) is 17.0 Å². The lowest BCUT2D eigenvalue weighted by Crippen LogP contribution is -2.02. The SMILES string of the molecule is CNc1cc(Nc2ccc(F)cc2C#N)nc(C)n1. The van der Waals surface area contributed by atoms with Gasteiger partial charge in [-0.25, -0.2) is 14.4 Å². The number of rotatable bonds is 3. The Morgan fingerprint density at radius 2 is 1.95 bits per heavy atom. The van der Waals surface area contributed by atoms with E-state index in [0.717, 1.165) is 0 Å². The molecule has 19 heavy (non-hydrogen) atoms. The smallest absolute Gasteiger partial charge is 0.136 e. The van der Waals surface area contributed by atoms with E-state index in [9.17, 15) is 4.39 Å². The normalized spacial score (nSPS) is 9.79. The molecule has 0 saturated heterocycles. The third-order valence-electron chi connectivity index (χ3n) is 2.46. The number of nitrogens with zero attached hydrogens (tertiary/aromatic N) is 3. The standard InChI is InChI=1S/C13H12FN5/c1-8-17-12(16-2)6-13(18-8)19-11-4-3-10(14)5-9(11)7-15/h3-6H,1-2H3,(H2,16,17,18,19). The number of nitrogens with one attached hydrogen (secondary N) is 2. The summed E-state index contributed by atoms with van der Waals surface area (Å²) < 4.78 is 13.0. The van der Waals surface area contributed by atoms with Crippen LogP contribution in [0.1, 0.15) is 11.4 Å². The van der Waals surface area contributed by atoms with Crippen LogP contribution in [-0.2, 0) is 0 Å². The summed E-state index contributed by atoms with van der Waals surface area (Å²) in [5, 5.41) is 14.9. The van der Waals surface area contributed by atoms with Crippen molar-refractivity contribution in [3.8, 4) is 6.07 Å². The van der Waals surface area contributed by atoms with Crippen LogP contribution in [0.15, 0.2) is 24.3 Å². The van der Waals surface area contributed by atoms with E-state index >= 15 is 0 Å². The first-order chi connectivity index (χ1) is 9.12. The zero-order valence-electron chi connectivity index (χ0n) is 10.5. The van der Waals surface area contributed by atoms with Crippen molar-refractivity contribution in [3.63, 3.8) is 0 Å². The Morgan fingerprint density at radius 1 is 1.21 bits per heavy atom. The Hall–Kier alpha value is -2.68. The maximum atomic E-state index is 13.0. The first-order valence-corrected chi connectivity index (χ1v) is 5.62. The van der Waals surface area contributed by atoms with Gasteiger partial charge in [0.25, 0.3) is 0 Å². The van der Waals surface area contributed by atoms with Crippen LogP contribution >= 0.6 is 0 Å². The monoisotopic (exact) mass is 257 g/mol. The minimum atomic E-state index is -0.447. The van der Waals surface area contributed by atoms with Crippen molar-refractivity contribution < 1.29 is 4.39 Å². The molecule has 1 heterocycles. The van der Waals surface area contributed by atoms with Crippen LogP contribution in [0, 0.1) is 24.1 Å². The number of anilines is 3. The van der Waals surface area contributed by atoms with Crippen molar-refractivity contribution in [3.05, 3.63) is 41.5 Å². The summed E-state index contributed by atoms with van der Waals surface area (Å²) >= 11 is 0. The Bertz CT molecular complexity index is 648. The molecule has 0 bridgehead atoms. The second-order valence-electron chi connectivity index (χ2n) is 3.86. The van der Waals surface area contributed by atoms with Gasteiger partial charge >= 0.3 is 0 Å². The minimum absolute atomic E-state index is 0.224. The van der Waals surface area contributed by atoms with Gasteiger partial charge in [0.2, 0.25) is 0 Å². The van der Waals surface area contributed by atoms with Crippen molar-refractivity contribution in [1.82, 2.24) is 9.97 Å². The molecule has 0 amide bonds. The summed E-state index contributed by atoms with van der Waals surface area (Å²) in [7, 11) is 1.75. The Balaban J connectivity index is 2.36. The molecule has 96 valence electrons. The third-order valence-corrected chi connectivity index (χ3v) is 2.46. The maximum Gasteiger partial charge on any atom is 0.136 e. The van der Waals surface area contributed by atoms with E-state index in [4.69, 9.17) is 5.26 Å². The molecule has 0 unspecified atom stereocenters. The summed E-state index contributed by atoms with van der Waals surface area (Å²) in [5.74, 6) is 1.35. The summed E-state index contributed by atoms with van der Waals surface area (Å²) in [6.07, 6.45) is 0. The number of hydrogen-bond donors (Lipinski definition) is 2. The van der Waals surface area contributed by atoms with Gasteiger partial charge in [-0.3, -0.25) is 0 Å². The third kappa shape index (κ3) is 2.96. The number of aryl methyl sites for hydroxylation is 1. The van der Waals surface area contributed by atoms with Gasteiger partial charge in [-0.15, -0.1) is 0 Å². The molecule has 5 nitrogen and oxygen atoms in total. The van der Waals surface area contributed by atoms with Gasteiger partial charge in [0.1, 0.15) is 29.3 Å². The molecule has 0 aliphatic heterocycles. The predicted octanol–water partition coefficient (Wildman–Crippen LogP) is 2.58. The van der Waals surface area contributed by atoms with Crippen LogP contribution in [0.25, 0.3) is 0 Å². The van der Waals surface area contributed by atoms with E-state index in [0.29, 0.717) is 23.1 Å². The largest absolute Gasteiger partial charge is 0.373 e. The van der Waals surface area contributed by atoms with E-state index in [1.54, 1.807) is 20.0 Å². The minimum Gasteiger partial charge on any atom is -0.373 e. The molecule has 6 heteroatoms. The Labute approximate surface area is 110 Å². The number of benzene rings is 1. The van der Waals surface area contributed by atoms with Crippen LogP contribution in [0.4, 0.5) is 21.7 Å². The first kappa shape index (κ1) is 12.8. The average molecular weight is 257 g/mol. The van der Waals surface area contributed by atoms with E-state index in [1.165, 1.54) is 18.2 Å². The molecular formula is C13H12FN5. The maximum absolute atomic E-state index is 13.0. The molecule has 1 aromatic heterocycles. The molecule has 0 radical (unpaired) electrons. The topological polar surface area (TPSA) is 73.6 Å². The van der Waals surface area contributed by atoms with Gasteiger partial charge in [0, 0.05) is 13.1 Å². The lowest BCUT2D eigenvalue weighted by Gasteiger charge is -2.09. The molecule has 0 fully saturated rings. The lowest BCUT2D eigenvalue weighted by molar-refractivity contribution is 0.627. The van der Waals surface area contributed by atoms with Gasteiger partial charge in [-0.2, -0.15) is 5.26 Å². The fourth-order valence-corrected chi connectivity index (χ4v) is 1.62. The van der Waals surface area contributed by atoms with Gasteiger partial charge in [-0.1, -0.05) is 0 Å². The number of aromatic nitrogens is 2. The molecule has 0 aliphatic rings. The van der Waals surface area contributed by atoms with Crippen molar-refractivity contribution in [2.24, 2.45) is 0 Å². The molecule has 0 saturated carbocycles. The molecular weight excluding hydrogens is 245 g/mol. The van der Waals surface area contributed by atoms with Gasteiger partial charge < -0.3 is 10.6 Å². The fourth-order valence-electron chi connectivity index (χ4n) is 1.62. The summed E-state index contributed by atoms with van der Waals surface area (Å²) in [4.78, 5) is 8.37. The van der Waals surface area contributed by atoms with Crippen LogP contribution in [0.2, 0.25) is 0 Å². The lowest BCUT2D eigenvalue weighted by atomic mass is 10.2. The molecule has 2 aromatic rings. The van der Waals surface area contributed by atoms with Crippen molar-refractivity contribution in [1.29, 1.82) is 5.26 Å². The van der Waals surface area contributed by atoms with E-state index in [2.05, 4.69) is 20.6 Å². The van der Waals surface area contributed by atoms with E-state index < -0.39 is 5.82 Å². The van der Waals surface area contributed by atoms with Crippen molar-refractivity contribution in [2.75, 3.05) is 17.7 Å². The molecule has 0 spiro atoms. The van der Waals surface area contributed by atoms with E-state index in [1.807, 2.05) is 6.07 Å². The van der Waals surface area contributed by atoms with Crippen molar-refractivity contribution >= 4 is 17.3 Å². The number of hydrogen-bond acceptors (Lipinski definition) is 5. The second kappa shape index (κ2) is 5.31. The highest BCUT2D eigenvalue weighted by atomic mass is 19.1. The highest BCUT2D eigenvalue weighted by molar-refractivity contribution is 5.65. The zero-order valence-corrected chi connectivity index (χ0v) is 10.5. The zero-order chi connectivity index (χ0) is 13.8.